The van der Waals surface area contributed by atoms with E-state index in [-0.39, 0.29) is 17.5 Å². The summed E-state index contributed by atoms with van der Waals surface area (Å²) in [6.07, 6.45) is 1.82. The monoisotopic (exact) mass is 334 g/mol. The van der Waals surface area contributed by atoms with E-state index in [1.54, 1.807) is 22.9 Å². The lowest BCUT2D eigenvalue weighted by atomic mass is 9.81. The van der Waals surface area contributed by atoms with Crippen LogP contribution in [0.15, 0.2) is 54.6 Å². The quantitative estimate of drug-likeness (QED) is 0.707. The van der Waals surface area contributed by atoms with Crippen molar-refractivity contribution in [2.75, 3.05) is 0 Å². The fourth-order valence-electron chi connectivity index (χ4n) is 3.71. The fraction of sp³-hybridized carbons (Fsp3) is 0.238. The maximum absolute atomic E-state index is 14.2. The molecule has 4 rings (SSSR count). The molecule has 1 aliphatic rings. The molecule has 0 radical (unpaired) electrons. The van der Waals surface area contributed by atoms with E-state index in [1.165, 1.54) is 6.07 Å². The van der Waals surface area contributed by atoms with E-state index in [9.17, 15) is 9.18 Å². The van der Waals surface area contributed by atoms with Gasteiger partial charge in [-0.15, -0.1) is 0 Å². The van der Waals surface area contributed by atoms with E-state index in [0.29, 0.717) is 30.5 Å². The average Bonchev–Trinajstić information content (AvgIpc) is 3.01. The maximum atomic E-state index is 14.2. The van der Waals surface area contributed by atoms with Crippen LogP contribution in [0, 0.1) is 5.82 Å². The number of carbonyl (C=O) groups excluding carboxylic acids is 1. The number of Topliss-reactive ketones (excluding diaryl/α,β-unsaturated/α-hetero) is 1. The standard InChI is InChI=1S/C21H19FN2O/c1-2-18-21-17(23-24(18)19-11-7-6-10-16(19)22)12-15(13-20(21)25)14-8-4-3-5-9-14/h3-11,15H,2,12-13H2,1H3. The molecule has 0 saturated carbocycles. The highest BCUT2D eigenvalue weighted by atomic mass is 19.1. The van der Waals surface area contributed by atoms with Crippen molar-refractivity contribution in [3.05, 3.63) is 82.9 Å². The number of halogens is 1. The molecule has 3 nitrogen and oxygen atoms in total. The van der Waals surface area contributed by atoms with Crippen molar-refractivity contribution in [3.8, 4) is 5.69 Å². The lowest BCUT2D eigenvalue weighted by Gasteiger charge is -2.21. The third-order valence-corrected chi connectivity index (χ3v) is 4.89. The molecular formula is C21H19FN2O. The molecule has 4 heteroatoms. The van der Waals surface area contributed by atoms with Gasteiger partial charge in [-0.1, -0.05) is 49.4 Å². The number of aromatic nitrogens is 2. The molecule has 1 atom stereocenters. The van der Waals surface area contributed by atoms with Gasteiger partial charge in [0, 0.05) is 6.42 Å². The highest BCUT2D eigenvalue weighted by molar-refractivity contribution is 6.00. The molecule has 1 aliphatic carbocycles. The fourth-order valence-corrected chi connectivity index (χ4v) is 3.71. The first-order chi connectivity index (χ1) is 12.2. The molecule has 0 fully saturated rings. The zero-order valence-electron chi connectivity index (χ0n) is 14.1. The van der Waals surface area contributed by atoms with Crippen LogP contribution in [-0.2, 0) is 12.8 Å². The molecule has 126 valence electrons. The van der Waals surface area contributed by atoms with Gasteiger partial charge in [0.15, 0.2) is 5.78 Å². The van der Waals surface area contributed by atoms with Crippen LogP contribution >= 0.6 is 0 Å². The second kappa shape index (κ2) is 6.28. The molecule has 2 aromatic carbocycles. The molecule has 0 amide bonds. The van der Waals surface area contributed by atoms with E-state index in [4.69, 9.17) is 0 Å². The van der Waals surface area contributed by atoms with Crippen molar-refractivity contribution in [3.63, 3.8) is 0 Å². The van der Waals surface area contributed by atoms with Crippen molar-refractivity contribution in [1.82, 2.24) is 9.78 Å². The Bertz CT molecular complexity index is 930. The molecule has 0 spiro atoms. The molecule has 3 aromatic rings. The second-order valence-electron chi connectivity index (χ2n) is 6.42. The maximum Gasteiger partial charge on any atom is 0.167 e. The Hall–Kier alpha value is -2.75. The molecule has 25 heavy (non-hydrogen) atoms. The number of nitrogens with zero attached hydrogens (tertiary/aromatic N) is 2. The third-order valence-electron chi connectivity index (χ3n) is 4.89. The van der Waals surface area contributed by atoms with Gasteiger partial charge >= 0.3 is 0 Å². The van der Waals surface area contributed by atoms with Crippen molar-refractivity contribution < 1.29 is 9.18 Å². The second-order valence-corrected chi connectivity index (χ2v) is 6.42. The zero-order chi connectivity index (χ0) is 17.4. The predicted octanol–water partition coefficient (Wildman–Crippen LogP) is 4.49. The minimum absolute atomic E-state index is 0.106. The van der Waals surface area contributed by atoms with Crippen LogP contribution in [0.2, 0.25) is 0 Å². The van der Waals surface area contributed by atoms with E-state index in [1.807, 2.05) is 25.1 Å². The van der Waals surface area contributed by atoms with E-state index in [0.717, 1.165) is 17.0 Å². The average molecular weight is 334 g/mol. The first-order valence-electron chi connectivity index (χ1n) is 8.62. The van der Waals surface area contributed by atoms with Crippen LogP contribution in [-0.4, -0.2) is 15.6 Å². The highest BCUT2D eigenvalue weighted by Crippen LogP contribution is 2.35. The van der Waals surface area contributed by atoms with Crippen molar-refractivity contribution in [2.45, 2.75) is 32.1 Å². The zero-order valence-corrected chi connectivity index (χ0v) is 14.1. The summed E-state index contributed by atoms with van der Waals surface area (Å²) in [5, 5.41) is 4.63. The Morgan fingerprint density at radius 3 is 2.52 bits per heavy atom. The summed E-state index contributed by atoms with van der Waals surface area (Å²) in [5.41, 5.74) is 3.83. The topological polar surface area (TPSA) is 34.9 Å². The van der Waals surface area contributed by atoms with Gasteiger partial charge in [-0.2, -0.15) is 5.10 Å². The normalized spacial score (nSPS) is 16.7. The summed E-state index contributed by atoms with van der Waals surface area (Å²) in [5.74, 6) is -0.0893. The van der Waals surface area contributed by atoms with E-state index in [2.05, 4.69) is 17.2 Å². The Labute approximate surface area is 146 Å². The predicted molar refractivity (Wildman–Crippen MR) is 94.7 cm³/mol. The lowest BCUT2D eigenvalue weighted by Crippen LogP contribution is -2.19. The van der Waals surface area contributed by atoms with Gasteiger partial charge in [0.25, 0.3) is 0 Å². The van der Waals surface area contributed by atoms with Crippen LogP contribution < -0.4 is 0 Å². The van der Waals surface area contributed by atoms with Gasteiger partial charge in [0.2, 0.25) is 0 Å². The molecule has 1 heterocycles. The van der Waals surface area contributed by atoms with Crippen molar-refractivity contribution in [1.29, 1.82) is 0 Å². The van der Waals surface area contributed by atoms with Crippen LogP contribution in [0.5, 0.6) is 0 Å². The first kappa shape index (κ1) is 15.8. The Balaban J connectivity index is 1.81. The first-order valence-corrected chi connectivity index (χ1v) is 8.62. The third kappa shape index (κ3) is 2.68. The van der Waals surface area contributed by atoms with Gasteiger partial charge in [0.1, 0.15) is 11.5 Å². The van der Waals surface area contributed by atoms with Crippen LogP contribution in [0.1, 0.15) is 46.6 Å². The number of hydrogen-bond acceptors (Lipinski definition) is 2. The van der Waals surface area contributed by atoms with Gasteiger partial charge in [-0.3, -0.25) is 4.79 Å². The number of carbonyl (C=O) groups is 1. The van der Waals surface area contributed by atoms with Gasteiger partial charge < -0.3 is 0 Å². The molecule has 0 bridgehead atoms. The van der Waals surface area contributed by atoms with Crippen LogP contribution in [0.3, 0.4) is 0 Å². The molecule has 1 unspecified atom stereocenters. The number of para-hydroxylation sites is 1. The molecule has 0 N–H and O–H groups in total. The molecule has 0 aliphatic heterocycles. The van der Waals surface area contributed by atoms with Gasteiger partial charge in [0.05, 0.1) is 17.0 Å². The SMILES string of the molecule is CCc1c2c(nn1-c1ccccc1F)CC(c1ccccc1)CC2=O. The van der Waals surface area contributed by atoms with Gasteiger partial charge in [-0.25, -0.2) is 9.07 Å². The summed E-state index contributed by atoms with van der Waals surface area (Å²) in [4.78, 5) is 12.8. The number of fused-ring (bicyclic) bond motifs is 1. The number of ketones is 1. The van der Waals surface area contributed by atoms with E-state index < -0.39 is 0 Å². The smallest absolute Gasteiger partial charge is 0.167 e. The summed E-state index contributed by atoms with van der Waals surface area (Å²) in [6, 6.07) is 16.6. The molecule has 0 saturated heterocycles. The van der Waals surface area contributed by atoms with Crippen molar-refractivity contribution >= 4 is 5.78 Å². The summed E-state index contributed by atoms with van der Waals surface area (Å²) < 4.78 is 15.9. The highest BCUT2D eigenvalue weighted by Gasteiger charge is 2.32. The van der Waals surface area contributed by atoms with Crippen molar-refractivity contribution in [2.24, 2.45) is 0 Å². The number of hydrogen-bond donors (Lipinski definition) is 0. The summed E-state index contributed by atoms with van der Waals surface area (Å²) >= 11 is 0. The minimum Gasteiger partial charge on any atom is -0.294 e. The Morgan fingerprint density at radius 1 is 1.08 bits per heavy atom. The lowest BCUT2D eigenvalue weighted by molar-refractivity contribution is 0.0963. The van der Waals surface area contributed by atoms with Crippen LogP contribution in [0.25, 0.3) is 5.69 Å². The summed E-state index contributed by atoms with van der Waals surface area (Å²) in [7, 11) is 0. The Kier molecular flexibility index (Phi) is 3.96. The molecular weight excluding hydrogens is 315 g/mol. The Morgan fingerprint density at radius 2 is 1.80 bits per heavy atom. The minimum atomic E-state index is -0.330. The largest absolute Gasteiger partial charge is 0.294 e. The number of rotatable bonds is 3. The molecule has 1 aromatic heterocycles. The van der Waals surface area contributed by atoms with Gasteiger partial charge in [-0.05, 0) is 36.5 Å². The summed E-state index contributed by atoms with van der Waals surface area (Å²) in [6.45, 7) is 1.98. The van der Waals surface area contributed by atoms with E-state index >= 15 is 0 Å². The van der Waals surface area contributed by atoms with Crippen LogP contribution in [0.4, 0.5) is 4.39 Å². The number of benzene rings is 2.